The molecule has 0 radical (unpaired) electrons. The summed E-state index contributed by atoms with van der Waals surface area (Å²) in [5.41, 5.74) is 2.66. The molecular weight excluding hydrogens is 464 g/mol. The Hall–Kier alpha value is -2.84. The zero-order valence-corrected chi connectivity index (χ0v) is 21.1. The Kier molecular flexibility index (Phi) is 6.84. The third kappa shape index (κ3) is 5.23. The van der Waals surface area contributed by atoms with Crippen molar-refractivity contribution in [2.24, 2.45) is 0 Å². The van der Waals surface area contributed by atoms with Gasteiger partial charge in [0.05, 0.1) is 0 Å². The van der Waals surface area contributed by atoms with Crippen molar-refractivity contribution in [2.45, 2.75) is 51.2 Å². The van der Waals surface area contributed by atoms with Crippen LogP contribution < -0.4 is 15.5 Å². The zero-order chi connectivity index (χ0) is 24.5. The zero-order valence-electron chi connectivity index (χ0n) is 20.3. The van der Waals surface area contributed by atoms with Gasteiger partial charge in [0.25, 0.3) is 5.91 Å². The third-order valence-electron chi connectivity index (χ3n) is 7.24. The number of fused-ring (bicyclic) bond motifs is 1. The molecule has 8 nitrogen and oxygen atoms in total. The van der Waals surface area contributed by atoms with Crippen molar-refractivity contribution in [3.05, 3.63) is 52.7 Å². The van der Waals surface area contributed by atoms with Crippen LogP contribution in [0.25, 0.3) is 0 Å². The summed E-state index contributed by atoms with van der Waals surface area (Å²) in [6.07, 6.45) is 2.53. The van der Waals surface area contributed by atoms with Crippen LogP contribution in [-0.2, 0) is 6.42 Å². The maximum atomic E-state index is 13.2. The molecule has 9 heteroatoms. The molecule has 0 aliphatic carbocycles. The first-order valence-corrected chi connectivity index (χ1v) is 12.9. The van der Waals surface area contributed by atoms with Crippen molar-refractivity contribution >= 4 is 35.0 Å². The van der Waals surface area contributed by atoms with Gasteiger partial charge in [0.1, 0.15) is 11.0 Å². The van der Waals surface area contributed by atoms with Gasteiger partial charge in [-0.2, -0.15) is 0 Å². The van der Waals surface area contributed by atoms with Crippen molar-refractivity contribution in [3.8, 4) is 0 Å². The molecule has 0 spiro atoms. The number of amides is 3. The fourth-order valence-electron chi connectivity index (χ4n) is 5.59. The minimum absolute atomic E-state index is 0.00793. The minimum atomic E-state index is -0.0263. The predicted molar refractivity (Wildman–Crippen MR) is 138 cm³/mol. The number of carbonyl (C=O) groups excluding carboxylic acids is 2. The van der Waals surface area contributed by atoms with Gasteiger partial charge in [-0.1, -0.05) is 29.8 Å². The highest BCUT2D eigenvalue weighted by atomic mass is 35.5. The molecule has 0 unspecified atom stereocenters. The quantitative estimate of drug-likeness (QED) is 0.634. The van der Waals surface area contributed by atoms with Gasteiger partial charge in [0, 0.05) is 62.1 Å². The first-order valence-electron chi connectivity index (χ1n) is 12.5. The van der Waals surface area contributed by atoms with Crippen LogP contribution in [-0.4, -0.2) is 77.6 Å². The number of urea groups is 1. The Balaban J connectivity index is 1.25. The first kappa shape index (κ1) is 23.9. The summed E-state index contributed by atoms with van der Waals surface area (Å²) in [6, 6.07) is 12.2. The van der Waals surface area contributed by atoms with Crippen molar-refractivity contribution in [1.29, 1.82) is 0 Å². The number of hydrogen-bond acceptors (Lipinski definition) is 5. The summed E-state index contributed by atoms with van der Waals surface area (Å²) < 4.78 is 0. The second kappa shape index (κ2) is 10.0. The highest BCUT2D eigenvalue weighted by Crippen LogP contribution is 2.27. The standard InChI is InChI=1S/C26H33ClN6O2/c1-17-15-32(16-18(2)28-17)25(34)20-13-23(27)30-24(14-20)31-10-8-21(9-11-31)33-12-7-19-5-3-4-6-22(19)29-26(33)35/h3-6,13-14,17-18,21,28H,7-12,15-16H2,1-2H3,(H,29,35)/t17-,18+. The molecule has 3 aliphatic heterocycles. The molecule has 186 valence electrons. The Morgan fingerprint density at radius 1 is 1.06 bits per heavy atom. The number of pyridine rings is 1. The Bertz CT molecular complexity index is 1090. The van der Waals surface area contributed by atoms with E-state index in [1.54, 1.807) is 6.07 Å². The fraction of sp³-hybridized carbons (Fsp3) is 0.500. The van der Waals surface area contributed by atoms with Crippen LogP contribution in [0.2, 0.25) is 5.15 Å². The Morgan fingerprint density at radius 2 is 1.77 bits per heavy atom. The number of anilines is 2. The predicted octanol–water partition coefficient (Wildman–Crippen LogP) is 3.62. The molecular formula is C26H33ClN6O2. The molecule has 2 fully saturated rings. The molecule has 1 aromatic heterocycles. The van der Waals surface area contributed by atoms with E-state index in [9.17, 15) is 9.59 Å². The van der Waals surface area contributed by atoms with Crippen LogP contribution in [0.1, 0.15) is 42.6 Å². The van der Waals surface area contributed by atoms with Gasteiger partial charge in [-0.15, -0.1) is 0 Å². The number of hydrogen-bond donors (Lipinski definition) is 2. The molecule has 3 amide bonds. The van der Waals surface area contributed by atoms with E-state index in [2.05, 4.69) is 40.4 Å². The van der Waals surface area contributed by atoms with Gasteiger partial charge in [-0.3, -0.25) is 4.79 Å². The summed E-state index contributed by atoms with van der Waals surface area (Å²) >= 11 is 6.36. The van der Waals surface area contributed by atoms with Crippen molar-refractivity contribution in [2.75, 3.05) is 42.9 Å². The second-order valence-corrected chi connectivity index (χ2v) is 10.4. The number of carbonyl (C=O) groups is 2. The number of halogens is 1. The molecule has 2 N–H and O–H groups in total. The lowest BCUT2D eigenvalue weighted by molar-refractivity contribution is 0.0673. The normalized spacial score (nSPS) is 23.5. The average Bonchev–Trinajstić information content (AvgIpc) is 3.01. The fourth-order valence-corrected chi connectivity index (χ4v) is 5.79. The number of para-hydroxylation sites is 1. The first-order chi connectivity index (χ1) is 16.9. The molecule has 5 rings (SSSR count). The molecule has 4 heterocycles. The van der Waals surface area contributed by atoms with E-state index in [1.165, 1.54) is 5.56 Å². The lowest BCUT2D eigenvalue weighted by atomic mass is 10.0. The summed E-state index contributed by atoms with van der Waals surface area (Å²) in [5.74, 6) is 0.717. The highest BCUT2D eigenvalue weighted by Gasteiger charge is 2.31. The van der Waals surface area contributed by atoms with Gasteiger partial charge in [-0.05, 0) is 56.9 Å². The summed E-state index contributed by atoms with van der Waals surface area (Å²) in [6.45, 7) is 7.75. The van der Waals surface area contributed by atoms with Crippen LogP contribution in [0.4, 0.5) is 16.3 Å². The summed E-state index contributed by atoms with van der Waals surface area (Å²) in [5, 5.41) is 6.86. The average molecular weight is 497 g/mol. The van der Waals surface area contributed by atoms with E-state index in [0.717, 1.165) is 43.9 Å². The van der Waals surface area contributed by atoms with Gasteiger partial charge in [0.15, 0.2) is 0 Å². The van der Waals surface area contributed by atoms with Crippen LogP contribution >= 0.6 is 11.6 Å². The lowest BCUT2D eigenvalue weighted by Crippen LogP contribution is -2.55. The van der Waals surface area contributed by atoms with Gasteiger partial charge in [0.2, 0.25) is 0 Å². The summed E-state index contributed by atoms with van der Waals surface area (Å²) in [4.78, 5) is 36.7. The van der Waals surface area contributed by atoms with Crippen molar-refractivity contribution < 1.29 is 9.59 Å². The number of nitrogens with one attached hydrogen (secondary N) is 2. The second-order valence-electron chi connectivity index (χ2n) is 9.96. The molecule has 2 atom stereocenters. The number of piperazine rings is 1. The van der Waals surface area contributed by atoms with Crippen molar-refractivity contribution in [3.63, 3.8) is 0 Å². The molecule has 2 aromatic rings. The van der Waals surface area contributed by atoms with E-state index < -0.39 is 0 Å². The van der Waals surface area contributed by atoms with Gasteiger partial charge in [-0.25, -0.2) is 9.78 Å². The van der Waals surface area contributed by atoms with Crippen LogP contribution in [0.5, 0.6) is 0 Å². The molecule has 1 aromatic carbocycles. The number of rotatable bonds is 3. The largest absolute Gasteiger partial charge is 0.356 e. The van der Waals surface area contributed by atoms with E-state index in [1.807, 2.05) is 34.1 Å². The minimum Gasteiger partial charge on any atom is -0.356 e. The molecule has 0 bridgehead atoms. The molecule has 2 saturated heterocycles. The Labute approximate surface area is 211 Å². The Morgan fingerprint density at radius 3 is 2.51 bits per heavy atom. The van der Waals surface area contributed by atoms with Gasteiger partial charge >= 0.3 is 6.03 Å². The lowest BCUT2D eigenvalue weighted by Gasteiger charge is -2.38. The monoisotopic (exact) mass is 496 g/mol. The summed E-state index contributed by atoms with van der Waals surface area (Å²) in [7, 11) is 0. The maximum Gasteiger partial charge on any atom is 0.322 e. The number of nitrogens with zero attached hydrogens (tertiary/aromatic N) is 4. The van der Waals surface area contributed by atoms with E-state index in [4.69, 9.17) is 11.6 Å². The number of benzene rings is 1. The highest BCUT2D eigenvalue weighted by molar-refractivity contribution is 6.30. The SMILES string of the molecule is C[C@@H]1CN(C(=O)c2cc(Cl)nc(N3CCC(N4CCc5ccccc5NC4=O)CC3)c2)C[C@H](C)N1. The third-order valence-corrected chi connectivity index (χ3v) is 7.44. The van der Waals surface area contributed by atoms with E-state index in [-0.39, 0.29) is 30.1 Å². The van der Waals surface area contributed by atoms with E-state index in [0.29, 0.717) is 30.4 Å². The van der Waals surface area contributed by atoms with E-state index >= 15 is 0 Å². The molecule has 35 heavy (non-hydrogen) atoms. The number of aromatic nitrogens is 1. The number of piperidine rings is 1. The van der Waals surface area contributed by atoms with Crippen LogP contribution in [0.15, 0.2) is 36.4 Å². The molecule has 0 saturated carbocycles. The van der Waals surface area contributed by atoms with Crippen LogP contribution in [0, 0.1) is 0 Å². The van der Waals surface area contributed by atoms with Crippen molar-refractivity contribution in [1.82, 2.24) is 20.1 Å². The van der Waals surface area contributed by atoms with Gasteiger partial charge < -0.3 is 25.3 Å². The smallest absolute Gasteiger partial charge is 0.322 e. The van der Waals surface area contributed by atoms with Crippen LogP contribution in [0.3, 0.4) is 0 Å². The maximum absolute atomic E-state index is 13.2. The molecule has 3 aliphatic rings. The topological polar surface area (TPSA) is 80.8 Å².